The zero-order valence-electron chi connectivity index (χ0n) is 11.0. The summed E-state index contributed by atoms with van der Waals surface area (Å²) in [6.45, 7) is 7.40. The Labute approximate surface area is 102 Å². The van der Waals surface area contributed by atoms with E-state index in [0.717, 1.165) is 0 Å². The first-order chi connectivity index (χ1) is 7.65. The van der Waals surface area contributed by atoms with Crippen LogP contribution in [-0.4, -0.2) is 35.7 Å². The highest BCUT2D eigenvalue weighted by atomic mass is 16.5. The van der Waals surface area contributed by atoms with Gasteiger partial charge in [-0.05, 0) is 20.3 Å². The molecule has 1 fully saturated rings. The maximum atomic E-state index is 11.6. The molecular weight excluding hydrogens is 222 g/mol. The van der Waals surface area contributed by atoms with Crippen LogP contribution < -0.4 is 5.32 Å². The fourth-order valence-electron chi connectivity index (χ4n) is 2.13. The Morgan fingerprint density at radius 1 is 1.41 bits per heavy atom. The molecular formula is C12H21NO4. The average molecular weight is 243 g/mol. The Balaban J connectivity index is 2.63. The van der Waals surface area contributed by atoms with Crippen LogP contribution in [0.25, 0.3) is 0 Å². The summed E-state index contributed by atoms with van der Waals surface area (Å²) >= 11 is 0. The summed E-state index contributed by atoms with van der Waals surface area (Å²) in [7, 11) is 1.65. The Bertz CT molecular complexity index is 339. The largest absolute Gasteiger partial charge is 0.481 e. The van der Waals surface area contributed by atoms with Crippen LogP contribution in [0, 0.1) is 11.3 Å². The Hall–Kier alpha value is -1.10. The third kappa shape index (κ3) is 2.16. The smallest absolute Gasteiger partial charge is 0.315 e. The standard InChI is InChI=1S/C12H21NO4/c1-7(10(15)16)9(14)13-8-6-12(4,17-5)11(8,2)3/h7-8H,6H2,1-5H3,(H,13,14)(H,15,16). The molecule has 5 heteroatoms. The molecule has 1 aliphatic rings. The van der Waals surface area contributed by atoms with Crippen molar-refractivity contribution in [2.75, 3.05) is 7.11 Å². The SMILES string of the molecule is COC1(C)CC(NC(=O)C(C)C(=O)O)C1(C)C. The molecule has 3 atom stereocenters. The number of ether oxygens (including phenoxy) is 1. The monoisotopic (exact) mass is 243 g/mol. The number of hydrogen-bond acceptors (Lipinski definition) is 3. The number of methoxy groups -OCH3 is 1. The van der Waals surface area contributed by atoms with E-state index in [1.807, 2.05) is 20.8 Å². The molecule has 0 radical (unpaired) electrons. The second-order valence-corrected chi connectivity index (χ2v) is 5.48. The first-order valence-electron chi connectivity index (χ1n) is 5.74. The Kier molecular flexibility index (Phi) is 3.52. The predicted molar refractivity (Wildman–Crippen MR) is 62.5 cm³/mol. The van der Waals surface area contributed by atoms with E-state index in [0.29, 0.717) is 6.42 Å². The molecule has 1 saturated carbocycles. The van der Waals surface area contributed by atoms with Crippen LogP contribution in [0.5, 0.6) is 0 Å². The van der Waals surface area contributed by atoms with E-state index in [4.69, 9.17) is 9.84 Å². The predicted octanol–water partition coefficient (Wildman–Crippen LogP) is 1.03. The van der Waals surface area contributed by atoms with Crippen molar-refractivity contribution in [1.29, 1.82) is 0 Å². The normalized spacial score (nSPS) is 32.4. The van der Waals surface area contributed by atoms with Gasteiger partial charge in [-0.2, -0.15) is 0 Å². The highest BCUT2D eigenvalue weighted by molar-refractivity contribution is 5.96. The maximum Gasteiger partial charge on any atom is 0.315 e. The minimum absolute atomic E-state index is 0.0400. The van der Waals surface area contributed by atoms with Crippen LogP contribution in [0.15, 0.2) is 0 Å². The van der Waals surface area contributed by atoms with Gasteiger partial charge >= 0.3 is 5.97 Å². The molecule has 0 aromatic carbocycles. The molecule has 0 spiro atoms. The lowest BCUT2D eigenvalue weighted by molar-refractivity contribution is -0.183. The molecule has 0 aromatic heterocycles. The fourth-order valence-corrected chi connectivity index (χ4v) is 2.13. The molecule has 2 N–H and O–H groups in total. The van der Waals surface area contributed by atoms with Gasteiger partial charge in [0.25, 0.3) is 0 Å². The van der Waals surface area contributed by atoms with Gasteiger partial charge < -0.3 is 15.2 Å². The van der Waals surface area contributed by atoms with Gasteiger partial charge in [0.1, 0.15) is 5.92 Å². The van der Waals surface area contributed by atoms with Gasteiger partial charge in [0.2, 0.25) is 5.91 Å². The number of carbonyl (C=O) groups excluding carboxylic acids is 1. The van der Waals surface area contributed by atoms with Gasteiger partial charge in [0.05, 0.1) is 5.60 Å². The van der Waals surface area contributed by atoms with Crippen LogP contribution in [0.2, 0.25) is 0 Å². The number of carboxylic acid groups (broad SMARTS) is 1. The van der Waals surface area contributed by atoms with Crippen molar-refractivity contribution in [1.82, 2.24) is 5.32 Å². The van der Waals surface area contributed by atoms with Crippen molar-refractivity contribution < 1.29 is 19.4 Å². The van der Waals surface area contributed by atoms with Crippen molar-refractivity contribution in [3.05, 3.63) is 0 Å². The molecule has 1 rings (SSSR count). The van der Waals surface area contributed by atoms with Crippen LogP contribution in [-0.2, 0) is 14.3 Å². The number of aliphatic carboxylic acids is 1. The summed E-state index contributed by atoms with van der Waals surface area (Å²) in [6, 6.07) is -0.0400. The van der Waals surface area contributed by atoms with Crippen molar-refractivity contribution in [2.24, 2.45) is 11.3 Å². The highest BCUT2D eigenvalue weighted by Crippen LogP contribution is 2.51. The van der Waals surface area contributed by atoms with Crippen LogP contribution >= 0.6 is 0 Å². The van der Waals surface area contributed by atoms with Gasteiger partial charge in [0.15, 0.2) is 0 Å². The Morgan fingerprint density at radius 3 is 2.29 bits per heavy atom. The fraction of sp³-hybridized carbons (Fsp3) is 0.833. The summed E-state index contributed by atoms with van der Waals surface area (Å²) in [6.07, 6.45) is 0.703. The summed E-state index contributed by atoms with van der Waals surface area (Å²) in [5, 5.41) is 11.5. The molecule has 98 valence electrons. The van der Waals surface area contributed by atoms with E-state index in [1.165, 1.54) is 6.92 Å². The molecule has 0 aromatic rings. The number of nitrogens with one attached hydrogen (secondary N) is 1. The van der Waals surface area contributed by atoms with Crippen molar-refractivity contribution in [2.45, 2.75) is 45.8 Å². The number of carbonyl (C=O) groups is 2. The van der Waals surface area contributed by atoms with Crippen LogP contribution in [0.3, 0.4) is 0 Å². The lowest BCUT2D eigenvalue weighted by Crippen LogP contribution is -2.69. The first-order valence-corrected chi connectivity index (χ1v) is 5.74. The lowest BCUT2D eigenvalue weighted by Gasteiger charge is -2.59. The van der Waals surface area contributed by atoms with E-state index in [2.05, 4.69) is 5.32 Å². The van der Waals surface area contributed by atoms with Crippen molar-refractivity contribution in [3.8, 4) is 0 Å². The molecule has 1 aliphatic carbocycles. The molecule has 0 bridgehead atoms. The lowest BCUT2D eigenvalue weighted by atomic mass is 9.55. The second-order valence-electron chi connectivity index (χ2n) is 5.48. The summed E-state index contributed by atoms with van der Waals surface area (Å²) in [5.74, 6) is -2.55. The third-order valence-corrected chi connectivity index (χ3v) is 4.36. The number of hydrogen-bond donors (Lipinski definition) is 2. The molecule has 0 aliphatic heterocycles. The first kappa shape index (κ1) is 14.0. The molecule has 5 nitrogen and oxygen atoms in total. The zero-order chi connectivity index (χ0) is 13.4. The van der Waals surface area contributed by atoms with E-state index in [-0.39, 0.29) is 17.1 Å². The number of carboxylic acids is 1. The van der Waals surface area contributed by atoms with E-state index in [9.17, 15) is 9.59 Å². The minimum Gasteiger partial charge on any atom is -0.481 e. The molecule has 0 saturated heterocycles. The molecule has 1 amide bonds. The quantitative estimate of drug-likeness (QED) is 0.723. The van der Waals surface area contributed by atoms with Crippen LogP contribution in [0.4, 0.5) is 0 Å². The zero-order valence-corrected chi connectivity index (χ0v) is 11.0. The Morgan fingerprint density at radius 2 is 1.94 bits per heavy atom. The maximum absolute atomic E-state index is 11.6. The highest BCUT2D eigenvalue weighted by Gasteiger charge is 2.58. The average Bonchev–Trinajstić information content (AvgIpc) is 2.26. The third-order valence-electron chi connectivity index (χ3n) is 4.36. The van der Waals surface area contributed by atoms with Gasteiger partial charge in [-0.1, -0.05) is 13.8 Å². The van der Waals surface area contributed by atoms with Crippen molar-refractivity contribution >= 4 is 11.9 Å². The summed E-state index contributed by atoms with van der Waals surface area (Å²) in [5.41, 5.74) is -0.465. The topological polar surface area (TPSA) is 75.6 Å². The summed E-state index contributed by atoms with van der Waals surface area (Å²) in [4.78, 5) is 22.3. The number of amides is 1. The van der Waals surface area contributed by atoms with Gasteiger partial charge in [0, 0.05) is 18.6 Å². The number of rotatable bonds is 4. The van der Waals surface area contributed by atoms with Crippen LogP contribution in [0.1, 0.15) is 34.1 Å². The molecule has 3 unspecified atom stereocenters. The van der Waals surface area contributed by atoms with Crippen molar-refractivity contribution in [3.63, 3.8) is 0 Å². The van der Waals surface area contributed by atoms with E-state index >= 15 is 0 Å². The summed E-state index contributed by atoms with van der Waals surface area (Å²) < 4.78 is 5.44. The molecule has 17 heavy (non-hydrogen) atoms. The van der Waals surface area contributed by atoms with E-state index in [1.54, 1.807) is 7.11 Å². The van der Waals surface area contributed by atoms with Gasteiger partial charge in [-0.15, -0.1) is 0 Å². The van der Waals surface area contributed by atoms with Gasteiger partial charge in [-0.3, -0.25) is 9.59 Å². The van der Waals surface area contributed by atoms with Gasteiger partial charge in [-0.25, -0.2) is 0 Å². The molecule has 0 heterocycles. The minimum atomic E-state index is -1.10. The van der Waals surface area contributed by atoms with E-state index < -0.39 is 17.8 Å². The second kappa shape index (κ2) is 4.29.